The molecule has 0 aliphatic rings. The van der Waals surface area contributed by atoms with E-state index in [4.69, 9.17) is 0 Å². The summed E-state index contributed by atoms with van der Waals surface area (Å²) in [5.41, 5.74) is -1.81. The van der Waals surface area contributed by atoms with Crippen molar-refractivity contribution in [3.8, 4) is 0 Å². The zero-order valence-electron chi connectivity index (χ0n) is 7.10. The van der Waals surface area contributed by atoms with Gasteiger partial charge in [0.2, 0.25) is 0 Å². The van der Waals surface area contributed by atoms with E-state index in [0.29, 0.717) is 0 Å². The average Bonchev–Trinajstić information content (AvgIpc) is 1.85. The third-order valence-electron chi connectivity index (χ3n) is 1.99. The van der Waals surface area contributed by atoms with E-state index in [1.807, 2.05) is 0 Å². The predicted molar refractivity (Wildman–Crippen MR) is 38.7 cm³/mol. The molecule has 0 fully saturated rings. The summed E-state index contributed by atoms with van der Waals surface area (Å²) in [6, 6.07) is 0. The maximum Gasteiger partial charge on any atom is 0.339 e. The molecule has 0 aromatic carbocycles. The van der Waals surface area contributed by atoms with Crippen LogP contribution < -0.4 is 0 Å². The van der Waals surface area contributed by atoms with Crippen LogP contribution in [0.15, 0.2) is 0 Å². The molecule has 0 unspecified atom stereocenters. The van der Waals surface area contributed by atoms with Crippen molar-refractivity contribution in [3.05, 3.63) is 0 Å². The second-order valence-corrected chi connectivity index (χ2v) is 4.63. The zero-order valence-corrected chi connectivity index (χ0v) is 7.91. The van der Waals surface area contributed by atoms with Crippen LogP contribution in [0.1, 0.15) is 27.2 Å². The van der Waals surface area contributed by atoms with Crippen molar-refractivity contribution in [2.24, 2.45) is 5.41 Å². The van der Waals surface area contributed by atoms with E-state index in [1.165, 1.54) is 6.92 Å². The molecule has 0 N–H and O–H groups in total. The minimum atomic E-state index is -5.56. The number of rotatable bonds is 3. The molecule has 0 heterocycles. The molecular weight excluding hydrogens is 190 g/mol. The van der Waals surface area contributed by atoms with Crippen molar-refractivity contribution in [3.63, 3.8) is 0 Å². The zero-order chi connectivity index (χ0) is 10.2. The van der Waals surface area contributed by atoms with Gasteiger partial charge in [-0.2, -0.15) is 8.78 Å². The normalized spacial score (nSPS) is 14.8. The minimum absolute atomic E-state index is 0.0819. The van der Waals surface area contributed by atoms with Gasteiger partial charge in [0.1, 0.15) is 0 Å². The Morgan fingerprint density at radius 3 is 1.75 bits per heavy atom. The third-order valence-corrected chi connectivity index (χ3v) is 3.17. The highest BCUT2D eigenvalue weighted by Gasteiger charge is 2.51. The van der Waals surface area contributed by atoms with Gasteiger partial charge in [-0.05, 0) is 6.42 Å². The first kappa shape index (κ1) is 11.8. The molecule has 0 aromatic heterocycles. The Morgan fingerprint density at radius 2 is 1.67 bits per heavy atom. The first-order valence-electron chi connectivity index (χ1n) is 3.39. The molecule has 0 radical (unpaired) electrons. The summed E-state index contributed by atoms with van der Waals surface area (Å²) in [5, 5.41) is -4.20. The smallest absolute Gasteiger partial charge is 0.339 e. The fourth-order valence-corrected chi connectivity index (χ4v) is 1.37. The van der Waals surface area contributed by atoms with Crippen LogP contribution >= 0.6 is 0 Å². The van der Waals surface area contributed by atoms with Crippen LogP contribution in [-0.4, -0.2) is 18.2 Å². The number of halogens is 2. The van der Waals surface area contributed by atoms with E-state index in [1.54, 1.807) is 0 Å². The van der Waals surface area contributed by atoms with Gasteiger partial charge in [0.15, 0.2) is 10.1 Å². The first-order chi connectivity index (χ1) is 5.06. The molecule has 0 atom stereocenters. The van der Waals surface area contributed by atoms with Crippen molar-refractivity contribution in [2.75, 3.05) is 0 Å². The van der Waals surface area contributed by atoms with Gasteiger partial charge in [-0.1, -0.05) is 20.8 Å². The van der Waals surface area contributed by atoms with E-state index in [9.17, 15) is 21.8 Å². The lowest BCUT2D eigenvalue weighted by molar-refractivity contribution is -0.0367. The Hall–Kier alpha value is -0.230. The number of hydrogen-bond donors (Lipinski definition) is 0. The predicted octanol–water partition coefficient (Wildman–Crippen LogP) is 1.56. The topological polar surface area (TPSA) is 57.2 Å². The van der Waals surface area contributed by atoms with E-state index in [0.717, 1.165) is 13.8 Å². The van der Waals surface area contributed by atoms with Crippen LogP contribution in [0.2, 0.25) is 0 Å². The maximum atomic E-state index is 12.8. The van der Waals surface area contributed by atoms with Crippen LogP contribution in [0.4, 0.5) is 8.78 Å². The quantitative estimate of drug-likeness (QED) is 0.651. The summed E-state index contributed by atoms with van der Waals surface area (Å²) in [6.07, 6.45) is -0.0819. The van der Waals surface area contributed by atoms with Crippen molar-refractivity contribution < 1.29 is 21.8 Å². The molecule has 0 aliphatic heterocycles. The van der Waals surface area contributed by atoms with Crippen LogP contribution in [0.5, 0.6) is 0 Å². The second kappa shape index (κ2) is 2.92. The molecule has 3 nitrogen and oxygen atoms in total. The van der Waals surface area contributed by atoms with Gasteiger partial charge in [-0.15, -0.1) is 0 Å². The van der Waals surface area contributed by atoms with Gasteiger partial charge in [0, 0.05) is 5.41 Å². The second-order valence-electron chi connectivity index (χ2n) is 3.21. The summed E-state index contributed by atoms with van der Waals surface area (Å²) in [5.74, 6) is 0. The van der Waals surface area contributed by atoms with Crippen LogP contribution in [0.25, 0.3) is 0 Å². The average molecular weight is 201 g/mol. The Kier molecular flexibility index (Phi) is 2.86. The molecule has 0 amide bonds. The van der Waals surface area contributed by atoms with Crippen molar-refractivity contribution in [1.29, 1.82) is 0 Å². The molecule has 0 aliphatic carbocycles. The van der Waals surface area contributed by atoms with Crippen molar-refractivity contribution in [2.45, 2.75) is 32.4 Å². The van der Waals surface area contributed by atoms with Crippen LogP contribution in [0.3, 0.4) is 0 Å². The van der Waals surface area contributed by atoms with Gasteiger partial charge < -0.3 is 4.55 Å². The standard InChI is InChI=1S/C6H12F2O3S/c1-4-5(2,3)6(7,8)12(9,10)11/h4H2,1-3H3,(H,9,10,11)/p-1. The Balaban J connectivity index is 5.13. The highest BCUT2D eigenvalue weighted by molar-refractivity contribution is 7.86. The van der Waals surface area contributed by atoms with E-state index in [2.05, 4.69) is 0 Å². The summed E-state index contributed by atoms with van der Waals surface area (Å²) in [4.78, 5) is 0. The lowest BCUT2D eigenvalue weighted by Gasteiger charge is -2.34. The van der Waals surface area contributed by atoms with E-state index < -0.39 is 20.8 Å². The lowest BCUT2D eigenvalue weighted by atomic mass is 9.91. The van der Waals surface area contributed by atoms with Gasteiger partial charge in [-0.3, -0.25) is 0 Å². The molecule has 0 saturated carbocycles. The molecule has 0 rings (SSSR count). The SMILES string of the molecule is CCC(C)(C)C(F)(F)S(=O)(=O)[O-]. The molecule has 12 heavy (non-hydrogen) atoms. The monoisotopic (exact) mass is 201 g/mol. The molecular formula is C6H11F2O3S-. The molecule has 0 spiro atoms. The Labute approximate surface area is 70.5 Å². The number of hydrogen-bond acceptors (Lipinski definition) is 3. The van der Waals surface area contributed by atoms with Gasteiger partial charge in [0.05, 0.1) is 0 Å². The van der Waals surface area contributed by atoms with Crippen LogP contribution in [-0.2, 0) is 10.1 Å². The first-order valence-corrected chi connectivity index (χ1v) is 4.80. The maximum absolute atomic E-state index is 12.8. The van der Waals surface area contributed by atoms with Crippen molar-refractivity contribution >= 4 is 10.1 Å². The summed E-state index contributed by atoms with van der Waals surface area (Å²) >= 11 is 0. The van der Waals surface area contributed by atoms with Crippen LogP contribution in [0, 0.1) is 5.41 Å². The summed E-state index contributed by atoms with van der Waals surface area (Å²) in [7, 11) is -5.56. The summed E-state index contributed by atoms with van der Waals surface area (Å²) in [6.45, 7) is 3.49. The molecule has 6 heteroatoms. The third kappa shape index (κ3) is 1.74. The molecule has 0 aromatic rings. The minimum Gasteiger partial charge on any atom is -0.743 e. The van der Waals surface area contributed by atoms with Gasteiger partial charge in [-0.25, -0.2) is 8.42 Å². The van der Waals surface area contributed by atoms with E-state index >= 15 is 0 Å². The summed E-state index contributed by atoms with van der Waals surface area (Å²) < 4.78 is 56.1. The van der Waals surface area contributed by atoms with Gasteiger partial charge in [0.25, 0.3) is 0 Å². The lowest BCUT2D eigenvalue weighted by Crippen LogP contribution is -2.43. The molecule has 0 bridgehead atoms. The fraction of sp³-hybridized carbons (Fsp3) is 1.00. The Morgan fingerprint density at radius 1 is 1.33 bits per heavy atom. The highest BCUT2D eigenvalue weighted by atomic mass is 32.2. The molecule has 0 saturated heterocycles. The number of alkyl halides is 2. The largest absolute Gasteiger partial charge is 0.743 e. The highest BCUT2D eigenvalue weighted by Crippen LogP contribution is 2.42. The fourth-order valence-electron chi connectivity index (χ4n) is 0.544. The van der Waals surface area contributed by atoms with E-state index in [-0.39, 0.29) is 6.42 Å². The van der Waals surface area contributed by atoms with Crippen molar-refractivity contribution in [1.82, 2.24) is 0 Å². The van der Waals surface area contributed by atoms with Gasteiger partial charge >= 0.3 is 5.25 Å². The Bertz CT molecular complexity index is 256. The molecule has 74 valence electrons.